The number of nitrogens with zero attached hydrogens (tertiary/aromatic N) is 2. The Morgan fingerprint density at radius 1 is 0.333 bits per heavy atom. The Hall–Kier alpha value is -8.34. The Morgan fingerprint density at radius 3 is 1.52 bits per heavy atom. The van der Waals surface area contributed by atoms with Gasteiger partial charge in [-0.25, -0.2) is 9.97 Å². The molecule has 0 unspecified atom stereocenters. The van der Waals surface area contributed by atoms with Crippen LogP contribution < -0.4 is 9.47 Å². The molecule has 10 aromatic carbocycles. The van der Waals surface area contributed by atoms with Crippen molar-refractivity contribution < 1.29 is 9.47 Å². The van der Waals surface area contributed by atoms with Gasteiger partial charge >= 0.3 is 0 Å². The first-order valence-corrected chi connectivity index (χ1v) is 21.4. The molecule has 0 bridgehead atoms. The molecule has 0 N–H and O–H groups in total. The van der Waals surface area contributed by atoms with Crippen LogP contribution in [0.25, 0.3) is 77.3 Å². The number of hydrogen-bond donors (Lipinski definition) is 0. The standard InChI is InChI=1S/C59H36N2O2/c1-4-16-37(17-5-1)58-60-51(38-28-30-46-44-24-11-10-22-42(44)43-23-12-13-25-45(43)48(46)34-38)36-52(61-58)39-29-32-53-55(35-39)62-54-33-31-50-56(57(54)63-53)47-26-14-15-27-49(47)59(50,40-18-6-2-7-19-40)41-20-8-3-9-21-41/h1-36H. The van der Waals surface area contributed by atoms with Gasteiger partial charge in [0.05, 0.1) is 16.8 Å². The van der Waals surface area contributed by atoms with Gasteiger partial charge in [0.25, 0.3) is 0 Å². The first-order valence-electron chi connectivity index (χ1n) is 21.4. The Morgan fingerprint density at radius 2 is 0.857 bits per heavy atom. The van der Waals surface area contributed by atoms with Crippen molar-refractivity contribution >= 4 is 32.3 Å². The maximum Gasteiger partial charge on any atom is 0.178 e. The lowest BCUT2D eigenvalue weighted by Crippen LogP contribution is -2.28. The fourth-order valence-corrected chi connectivity index (χ4v) is 10.2. The van der Waals surface area contributed by atoms with Crippen LogP contribution in [-0.4, -0.2) is 9.97 Å². The van der Waals surface area contributed by atoms with E-state index in [0.29, 0.717) is 23.1 Å². The van der Waals surface area contributed by atoms with E-state index in [1.807, 2.05) is 30.3 Å². The van der Waals surface area contributed by atoms with Gasteiger partial charge in [0, 0.05) is 22.3 Å². The molecular formula is C59H36N2O2. The van der Waals surface area contributed by atoms with Crippen LogP contribution in [0.4, 0.5) is 0 Å². The summed E-state index contributed by atoms with van der Waals surface area (Å²) in [6, 6.07) is 77.1. The van der Waals surface area contributed by atoms with Crippen molar-refractivity contribution in [3.63, 3.8) is 0 Å². The molecule has 11 aromatic rings. The molecule has 13 rings (SSSR count). The van der Waals surface area contributed by atoms with Crippen LogP contribution in [0.1, 0.15) is 22.3 Å². The molecule has 2 heterocycles. The van der Waals surface area contributed by atoms with Gasteiger partial charge < -0.3 is 9.47 Å². The van der Waals surface area contributed by atoms with E-state index < -0.39 is 5.41 Å². The van der Waals surface area contributed by atoms with Gasteiger partial charge in [-0.05, 0) is 96.5 Å². The molecule has 1 aromatic heterocycles. The lowest BCUT2D eigenvalue weighted by molar-refractivity contribution is 0.360. The van der Waals surface area contributed by atoms with E-state index in [1.165, 1.54) is 54.6 Å². The third-order valence-corrected chi connectivity index (χ3v) is 13.0. The summed E-state index contributed by atoms with van der Waals surface area (Å²) in [5.41, 5.74) is 10.9. The highest BCUT2D eigenvalue weighted by atomic mass is 16.6. The molecular weight excluding hydrogens is 769 g/mol. The average molecular weight is 805 g/mol. The van der Waals surface area contributed by atoms with Crippen LogP contribution in [-0.2, 0) is 5.41 Å². The largest absolute Gasteiger partial charge is 0.449 e. The van der Waals surface area contributed by atoms with Gasteiger partial charge in [0.15, 0.2) is 28.8 Å². The number of benzene rings is 10. The lowest BCUT2D eigenvalue weighted by Gasteiger charge is -2.34. The molecule has 2 aliphatic rings. The summed E-state index contributed by atoms with van der Waals surface area (Å²) in [6.45, 7) is 0. The highest BCUT2D eigenvalue weighted by Gasteiger charge is 2.48. The van der Waals surface area contributed by atoms with Crippen LogP contribution in [0.15, 0.2) is 218 Å². The molecule has 0 saturated heterocycles. The molecule has 63 heavy (non-hydrogen) atoms. The maximum absolute atomic E-state index is 6.97. The Labute approximate surface area is 364 Å². The van der Waals surface area contributed by atoms with E-state index in [-0.39, 0.29) is 0 Å². The molecule has 0 fully saturated rings. The predicted molar refractivity (Wildman–Crippen MR) is 255 cm³/mol. The molecule has 294 valence electrons. The molecule has 0 spiro atoms. The van der Waals surface area contributed by atoms with E-state index in [2.05, 4.69) is 188 Å². The maximum atomic E-state index is 6.97. The van der Waals surface area contributed by atoms with Crippen LogP contribution in [0.5, 0.6) is 23.0 Å². The molecule has 0 radical (unpaired) electrons. The minimum Gasteiger partial charge on any atom is -0.449 e. The van der Waals surface area contributed by atoms with Gasteiger partial charge in [0.2, 0.25) is 0 Å². The smallest absolute Gasteiger partial charge is 0.178 e. The second-order valence-electron chi connectivity index (χ2n) is 16.4. The van der Waals surface area contributed by atoms with Gasteiger partial charge in [-0.3, -0.25) is 0 Å². The van der Waals surface area contributed by atoms with Crippen LogP contribution in [0.2, 0.25) is 0 Å². The summed E-state index contributed by atoms with van der Waals surface area (Å²) in [5.74, 6) is 3.34. The van der Waals surface area contributed by atoms with Crippen molar-refractivity contribution in [2.45, 2.75) is 5.41 Å². The number of hydrogen-bond acceptors (Lipinski definition) is 4. The minimum absolute atomic E-state index is 0.538. The number of rotatable bonds is 5. The van der Waals surface area contributed by atoms with Gasteiger partial charge in [-0.2, -0.15) is 0 Å². The van der Waals surface area contributed by atoms with Crippen molar-refractivity contribution in [1.29, 1.82) is 0 Å². The van der Waals surface area contributed by atoms with E-state index in [0.717, 1.165) is 45.0 Å². The molecule has 4 nitrogen and oxygen atoms in total. The second-order valence-corrected chi connectivity index (χ2v) is 16.4. The van der Waals surface area contributed by atoms with Crippen molar-refractivity contribution in [3.05, 3.63) is 241 Å². The Bertz CT molecular complexity index is 3550. The average Bonchev–Trinajstić information content (AvgIpc) is 3.67. The van der Waals surface area contributed by atoms with Crippen molar-refractivity contribution in [2.75, 3.05) is 0 Å². The number of ether oxygens (including phenoxy) is 2. The van der Waals surface area contributed by atoms with Crippen molar-refractivity contribution in [1.82, 2.24) is 9.97 Å². The van der Waals surface area contributed by atoms with Crippen molar-refractivity contribution in [2.24, 2.45) is 0 Å². The quantitative estimate of drug-likeness (QED) is 0.163. The van der Waals surface area contributed by atoms with E-state index >= 15 is 0 Å². The molecule has 4 heteroatoms. The fourth-order valence-electron chi connectivity index (χ4n) is 10.2. The minimum atomic E-state index is -0.538. The van der Waals surface area contributed by atoms with E-state index in [9.17, 15) is 0 Å². The third-order valence-electron chi connectivity index (χ3n) is 13.0. The molecule has 1 aliphatic heterocycles. The Kier molecular flexibility index (Phi) is 7.79. The predicted octanol–water partition coefficient (Wildman–Crippen LogP) is 15.2. The molecule has 1 aliphatic carbocycles. The van der Waals surface area contributed by atoms with Gasteiger partial charge in [-0.15, -0.1) is 0 Å². The first kappa shape index (κ1) is 35.4. The highest BCUT2D eigenvalue weighted by molar-refractivity contribution is 6.25. The summed E-state index contributed by atoms with van der Waals surface area (Å²) in [7, 11) is 0. The Balaban J connectivity index is 0.940. The molecule has 0 atom stereocenters. The lowest BCUT2D eigenvalue weighted by atomic mass is 9.68. The monoisotopic (exact) mass is 804 g/mol. The van der Waals surface area contributed by atoms with E-state index in [1.54, 1.807) is 0 Å². The van der Waals surface area contributed by atoms with Gasteiger partial charge in [0.1, 0.15) is 0 Å². The first-order chi connectivity index (χ1) is 31.2. The van der Waals surface area contributed by atoms with Crippen molar-refractivity contribution in [3.8, 4) is 68.0 Å². The highest BCUT2D eigenvalue weighted by Crippen LogP contribution is 2.62. The van der Waals surface area contributed by atoms with Crippen LogP contribution in [0.3, 0.4) is 0 Å². The summed E-state index contributed by atoms with van der Waals surface area (Å²) < 4.78 is 13.8. The fraction of sp³-hybridized carbons (Fsp3) is 0.0169. The van der Waals surface area contributed by atoms with Crippen LogP contribution >= 0.6 is 0 Å². The van der Waals surface area contributed by atoms with Crippen LogP contribution in [0, 0.1) is 0 Å². The summed E-state index contributed by atoms with van der Waals surface area (Å²) in [4.78, 5) is 10.4. The number of fused-ring (bicyclic) bond motifs is 12. The topological polar surface area (TPSA) is 44.2 Å². The summed E-state index contributed by atoms with van der Waals surface area (Å²) in [6.07, 6.45) is 0. The second kappa shape index (κ2) is 13.8. The van der Waals surface area contributed by atoms with Gasteiger partial charge in [-0.1, -0.05) is 182 Å². The zero-order valence-electron chi connectivity index (χ0n) is 34.0. The SMILES string of the molecule is c1ccc(-c2nc(-c3ccc4c(c3)Oc3ccc5c(c3O4)-c3ccccc3C5(c3ccccc3)c3ccccc3)cc(-c3ccc4c5ccccc5c5ccccc5c4c3)n2)cc1. The molecule has 0 saturated carbocycles. The normalized spacial score (nSPS) is 13.1. The summed E-state index contributed by atoms with van der Waals surface area (Å²) in [5, 5.41) is 7.37. The zero-order chi connectivity index (χ0) is 41.5. The zero-order valence-corrected chi connectivity index (χ0v) is 34.0. The summed E-state index contributed by atoms with van der Waals surface area (Å²) >= 11 is 0. The third kappa shape index (κ3) is 5.35. The number of aromatic nitrogens is 2. The molecule has 0 amide bonds. The van der Waals surface area contributed by atoms with E-state index in [4.69, 9.17) is 19.4 Å².